The second-order valence-corrected chi connectivity index (χ2v) is 6.47. The minimum absolute atomic E-state index is 0.0415. The van der Waals surface area contributed by atoms with Crippen LogP contribution in [0.4, 0.5) is 0 Å². The van der Waals surface area contributed by atoms with Gasteiger partial charge in [-0.2, -0.15) is 0 Å². The summed E-state index contributed by atoms with van der Waals surface area (Å²) >= 11 is 0. The first kappa shape index (κ1) is 15.3. The number of hydrogen-bond acceptors (Lipinski definition) is 3. The van der Waals surface area contributed by atoms with Gasteiger partial charge in [-0.3, -0.25) is 0 Å². The smallest absolute Gasteiger partial charge is 0.122 e. The number of nitrogens with two attached hydrogens (primary N) is 1. The standard InChI is InChI=1S/C17H28N2O/c1-13-11-15(3)16(12-14(13)2)20-10-7-17(18)5-8-19(4)9-6-17/h11-12H,5-10,18H2,1-4H3. The van der Waals surface area contributed by atoms with Crippen molar-refractivity contribution in [1.82, 2.24) is 4.90 Å². The minimum atomic E-state index is -0.0415. The number of hydrogen-bond donors (Lipinski definition) is 1. The minimum Gasteiger partial charge on any atom is -0.493 e. The molecule has 112 valence electrons. The highest BCUT2D eigenvalue weighted by molar-refractivity contribution is 5.40. The van der Waals surface area contributed by atoms with E-state index in [1.54, 1.807) is 0 Å². The van der Waals surface area contributed by atoms with Crippen LogP contribution in [0.2, 0.25) is 0 Å². The van der Waals surface area contributed by atoms with Crippen molar-refractivity contribution in [3.05, 3.63) is 28.8 Å². The van der Waals surface area contributed by atoms with Gasteiger partial charge in [0.15, 0.2) is 0 Å². The van der Waals surface area contributed by atoms with Gasteiger partial charge < -0.3 is 15.4 Å². The molecule has 0 atom stereocenters. The Hall–Kier alpha value is -1.06. The maximum Gasteiger partial charge on any atom is 0.122 e. The summed E-state index contributed by atoms with van der Waals surface area (Å²) in [6, 6.07) is 4.33. The second-order valence-electron chi connectivity index (χ2n) is 6.47. The molecular formula is C17H28N2O. The molecular weight excluding hydrogens is 248 g/mol. The van der Waals surface area contributed by atoms with Gasteiger partial charge in [-0.05, 0) is 82.9 Å². The molecule has 0 unspecified atom stereocenters. The van der Waals surface area contributed by atoms with E-state index in [-0.39, 0.29) is 5.54 Å². The average Bonchev–Trinajstić information content (AvgIpc) is 2.39. The third-order valence-corrected chi connectivity index (χ3v) is 4.63. The summed E-state index contributed by atoms with van der Waals surface area (Å²) < 4.78 is 5.97. The van der Waals surface area contributed by atoms with Crippen LogP contribution in [-0.2, 0) is 0 Å². The summed E-state index contributed by atoms with van der Waals surface area (Å²) in [5.74, 6) is 1.00. The first-order chi connectivity index (χ1) is 9.39. The van der Waals surface area contributed by atoms with Gasteiger partial charge in [-0.1, -0.05) is 6.07 Å². The lowest BCUT2D eigenvalue weighted by Crippen LogP contribution is -2.50. The fourth-order valence-corrected chi connectivity index (χ4v) is 2.77. The van der Waals surface area contributed by atoms with E-state index >= 15 is 0 Å². The van der Waals surface area contributed by atoms with Crippen LogP contribution in [0.15, 0.2) is 12.1 Å². The molecule has 1 fully saturated rings. The van der Waals surface area contributed by atoms with Gasteiger partial charge in [0.25, 0.3) is 0 Å². The van der Waals surface area contributed by atoms with E-state index in [0.29, 0.717) is 6.61 Å². The van der Waals surface area contributed by atoms with Gasteiger partial charge >= 0.3 is 0 Å². The maximum atomic E-state index is 6.47. The number of piperidine rings is 1. The van der Waals surface area contributed by atoms with Gasteiger partial charge in [0, 0.05) is 5.54 Å². The zero-order chi connectivity index (χ0) is 14.8. The van der Waals surface area contributed by atoms with Crippen molar-refractivity contribution in [2.75, 3.05) is 26.7 Å². The Labute approximate surface area is 123 Å². The number of rotatable bonds is 4. The number of benzene rings is 1. The summed E-state index contributed by atoms with van der Waals surface area (Å²) in [7, 11) is 2.16. The normalized spacial score (nSPS) is 19.1. The van der Waals surface area contributed by atoms with E-state index in [1.165, 1.54) is 16.7 Å². The molecule has 3 heteroatoms. The van der Waals surface area contributed by atoms with Crippen LogP contribution in [0.5, 0.6) is 5.75 Å². The zero-order valence-corrected chi connectivity index (χ0v) is 13.3. The van der Waals surface area contributed by atoms with E-state index in [0.717, 1.165) is 38.1 Å². The van der Waals surface area contributed by atoms with Gasteiger partial charge in [0.2, 0.25) is 0 Å². The van der Waals surface area contributed by atoms with Crippen LogP contribution in [0, 0.1) is 20.8 Å². The first-order valence-corrected chi connectivity index (χ1v) is 7.58. The van der Waals surface area contributed by atoms with Crippen molar-refractivity contribution in [3.63, 3.8) is 0 Å². The van der Waals surface area contributed by atoms with Crippen molar-refractivity contribution in [2.45, 2.75) is 45.6 Å². The molecule has 1 saturated heterocycles. The van der Waals surface area contributed by atoms with E-state index in [4.69, 9.17) is 10.5 Å². The highest BCUT2D eigenvalue weighted by atomic mass is 16.5. The molecule has 20 heavy (non-hydrogen) atoms. The fraction of sp³-hybridized carbons (Fsp3) is 0.647. The predicted octanol–water partition coefficient (Wildman–Crippen LogP) is 2.80. The third kappa shape index (κ3) is 3.74. The molecule has 1 aliphatic rings. The first-order valence-electron chi connectivity index (χ1n) is 7.58. The van der Waals surface area contributed by atoms with Crippen molar-refractivity contribution in [3.8, 4) is 5.75 Å². The quantitative estimate of drug-likeness (QED) is 0.919. The summed E-state index contributed by atoms with van der Waals surface area (Å²) in [5.41, 5.74) is 10.2. The lowest BCUT2D eigenvalue weighted by Gasteiger charge is -2.37. The van der Waals surface area contributed by atoms with Gasteiger partial charge in [0.1, 0.15) is 5.75 Å². The predicted molar refractivity (Wildman–Crippen MR) is 84.4 cm³/mol. The Morgan fingerprint density at radius 2 is 1.70 bits per heavy atom. The highest BCUT2D eigenvalue weighted by Crippen LogP contribution is 2.25. The Morgan fingerprint density at radius 1 is 1.10 bits per heavy atom. The summed E-state index contributed by atoms with van der Waals surface area (Å²) in [6.45, 7) is 9.28. The lowest BCUT2D eigenvalue weighted by molar-refractivity contribution is 0.159. The number of ether oxygens (including phenoxy) is 1. The molecule has 0 aliphatic carbocycles. The van der Waals surface area contributed by atoms with Crippen molar-refractivity contribution >= 4 is 0 Å². The van der Waals surface area contributed by atoms with Crippen molar-refractivity contribution in [1.29, 1.82) is 0 Å². The van der Waals surface area contributed by atoms with Crippen LogP contribution in [-0.4, -0.2) is 37.2 Å². The Kier molecular flexibility index (Phi) is 4.71. The molecule has 1 heterocycles. The average molecular weight is 276 g/mol. The molecule has 0 amide bonds. The topological polar surface area (TPSA) is 38.5 Å². The van der Waals surface area contributed by atoms with Crippen LogP contribution in [0.1, 0.15) is 36.0 Å². The van der Waals surface area contributed by atoms with E-state index in [1.807, 2.05) is 0 Å². The fourth-order valence-electron chi connectivity index (χ4n) is 2.77. The van der Waals surface area contributed by atoms with E-state index in [9.17, 15) is 0 Å². The molecule has 0 bridgehead atoms. The van der Waals surface area contributed by atoms with Crippen LogP contribution in [0.3, 0.4) is 0 Å². The molecule has 1 aliphatic heterocycles. The van der Waals surface area contributed by atoms with Gasteiger partial charge in [-0.15, -0.1) is 0 Å². The van der Waals surface area contributed by atoms with E-state index in [2.05, 4.69) is 44.9 Å². The molecule has 3 nitrogen and oxygen atoms in total. The van der Waals surface area contributed by atoms with Crippen molar-refractivity contribution < 1.29 is 4.74 Å². The Morgan fingerprint density at radius 3 is 2.35 bits per heavy atom. The number of nitrogens with zero attached hydrogens (tertiary/aromatic N) is 1. The Balaban J connectivity index is 1.88. The Bertz CT molecular complexity index is 462. The van der Waals surface area contributed by atoms with Crippen molar-refractivity contribution in [2.24, 2.45) is 5.73 Å². The van der Waals surface area contributed by atoms with Crippen LogP contribution >= 0.6 is 0 Å². The van der Waals surface area contributed by atoms with Gasteiger partial charge in [0.05, 0.1) is 6.61 Å². The molecule has 0 saturated carbocycles. The number of aryl methyl sites for hydroxylation is 3. The molecule has 1 aromatic rings. The van der Waals surface area contributed by atoms with E-state index < -0.39 is 0 Å². The second kappa shape index (κ2) is 6.15. The molecule has 0 radical (unpaired) electrons. The maximum absolute atomic E-state index is 6.47. The summed E-state index contributed by atoms with van der Waals surface area (Å²) in [4.78, 5) is 2.35. The molecule has 2 rings (SSSR count). The monoisotopic (exact) mass is 276 g/mol. The van der Waals surface area contributed by atoms with Crippen LogP contribution in [0.25, 0.3) is 0 Å². The SMILES string of the molecule is Cc1cc(C)c(OCCC2(N)CCN(C)CC2)cc1C. The summed E-state index contributed by atoms with van der Waals surface area (Å²) in [5, 5.41) is 0. The summed E-state index contributed by atoms with van der Waals surface area (Å²) in [6.07, 6.45) is 3.07. The molecule has 0 aromatic heterocycles. The van der Waals surface area contributed by atoms with Crippen LogP contribution < -0.4 is 10.5 Å². The largest absolute Gasteiger partial charge is 0.493 e. The van der Waals surface area contributed by atoms with Gasteiger partial charge in [-0.25, -0.2) is 0 Å². The molecule has 1 aromatic carbocycles. The third-order valence-electron chi connectivity index (χ3n) is 4.63. The lowest BCUT2D eigenvalue weighted by atomic mass is 9.86. The molecule has 2 N–H and O–H groups in total. The zero-order valence-electron chi connectivity index (χ0n) is 13.3. The molecule has 0 spiro atoms. The highest BCUT2D eigenvalue weighted by Gasteiger charge is 2.29. The number of likely N-dealkylation sites (tertiary alicyclic amines) is 1.